The van der Waals surface area contributed by atoms with Crippen LogP contribution in [0.4, 0.5) is 4.79 Å². The smallest absolute Gasteiger partial charge is 0.278 e. The summed E-state index contributed by atoms with van der Waals surface area (Å²) in [6.45, 7) is 0.891. The van der Waals surface area contributed by atoms with Crippen molar-refractivity contribution >= 4 is 17.9 Å². The van der Waals surface area contributed by atoms with Crippen molar-refractivity contribution in [2.75, 3.05) is 13.6 Å². The average molecular weight is 159 g/mol. The van der Waals surface area contributed by atoms with Gasteiger partial charge in [-0.2, -0.15) is 0 Å². The van der Waals surface area contributed by atoms with Crippen molar-refractivity contribution in [3.05, 3.63) is 0 Å². The van der Waals surface area contributed by atoms with E-state index in [2.05, 4.69) is 12.6 Å². The highest BCUT2D eigenvalue weighted by molar-refractivity contribution is 7.96. The molecule has 1 amide bonds. The zero-order chi connectivity index (χ0) is 7.56. The fraction of sp³-hybridized carbons (Fsp3) is 0.857. The van der Waals surface area contributed by atoms with Crippen LogP contribution in [0.1, 0.15) is 19.3 Å². The van der Waals surface area contributed by atoms with Gasteiger partial charge in [0.2, 0.25) is 0 Å². The third-order valence-electron chi connectivity index (χ3n) is 2.08. The predicted molar refractivity (Wildman–Crippen MR) is 44.4 cm³/mol. The maximum absolute atomic E-state index is 10.6. The molecule has 0 unspecified atom stereocenters. The minimum Gasteiger partial charge on any atom is -0.337 e. The summed E-state index contributed by atoms with van der Waals surface area (Å²) < 4.78 is 0. The Balaban J connectivity index is 2.16. The number of hydrogen-bond acceptors (Lipinski definition) is 1. The first-order valence-corrected chi connectivity index (χ1v) is 4.09. The molecule has 0 heterocycles. The molecule has 10 heavy (non-hydrogen) atoms. The van der Waals surface area contributed by atoms with Gasteiger partial charge in [0, 0.05) is 13.6 Å². The molecule has 1 aliphatic rings. The molecule has 0 aromatic carbocycles. The highest BCUT2D eigenvalue weighted by atomic mass is 32.1. The molecule has 58 valence electrons. The predicted octanol–water partition coefficient (Wildman–Crippen LogP) is 1.77. The zero-order valence-electron chi connectivity index (χ0n) is 6.21. The number of hydrogen-bond donors (Lipinski definition) is 1. The van der Waals surface area contributed by atoms with Crippen LogP contribution in [0.5, 0.6) is 0 Å². The van der Waals surface area contributed by atoms with Crippen LogP contribution < -0.4 is 0 Å². The molecule has 1 saturated carbocycles. The lowest BCUT2D eigenvalue weighted by atomic mass is 9.85. The van der Waals surface area contributed by atoms with Crippen molar-refractivity contribution in [3.63, 3.8) is 0 Å². The summed E-state index contributed by atoms with van der Waals surface area (Å²) in [5, 5.41) is -0.119. The number of amides is 1. The van der Waals surface area contributed by atoms with Crippen molar-refractivity contribution < 1.29 is 4.79 Å². The molecule has 0 saturated heterocycles. The van der Waals surface area contributed by atoms with Crippen LogP contribution >= 0.6 is 12.6 Å². The van der Waals surface area contributed by atoms with Gasteiger partial charge in [0.25, 0.3) is 5.24 Å². The molecule has 0 bridgehead atoms. The Morgan fingerprint density at radius 2 is 2.30 bits per heavy atom. The van der Waals surface area contributed by atoms with Gasteiger partial charge in [-0.25, -0.2) is 0 Å². The summed E-state index contributed by atoms with van der Waals surface area (Å²) in [5.41, 5.74) is 0. The van der Waals surface area contributed by atoms with E-state index in [0.29, 0.717) is 0 Å². The number of nitrogens with zero attached hydrogens (tertiary/aromatic N) is 1. The maximum atomic E-state index is 10.6. The van der Waals surface area contributed by atoms with Crippen molar-refractivity contribution in [3.8, 4) is 0 Å². The Hall–Kier alpha value is -0.180. The van der Waals surface area contributed by atoms with Crippen LogP contribution in [-0.4, -0.2) is 23.7 Å². The van der Waals surface area contributed by atoms with E-state index in [-0.39, 0.29) is 5.24 Å². The van der Waals surface area contributed by atoms with Crippen molar-refractivity contribution in [2.24, 2.45) is 5.92 Å². The molecular weight excluding hydrogens is 146 g/mol. The summed E-state index contributed by atoms with van der Waals surface area (Å²) in [5.74, 6) is 0.751. The second-order valence-corrected chi connectivity index (χ2v) is 3.34. The molecular formula is C7H13NOS. The van der Waals surface area contributed by atoms with Crippen LogP contribution in [0.25, 0.3) is 0 Å². The third kappa shape index (κ3) is 1.90. The Kier molecular flexibility index (Phi) is 2.60. The topological polar surface area (TPSA) is 20.3 Å². The fourth-order valence-electron chi connectivity index (χ4n) is 1.14. The number of rotatable bonds is 2. The molecule has 0 aliphatic heterocycles. The molecule has 0 aromatic rings. The lowest BCUT2D eigenvalue weighted by Gasteiger charge is -2.29. The molecule has 0 aromatic heterocycles. The van der Waals surface area contributed by atoms with Gasteiger partial charge in [0.1, 0.15) is 0 Å². The van der Waals surface area contributed by atoms with E-state index in [1.165, 1.54) is 19.3 Å². The van der Waals surface area contributed by atoms with Crippen molar-refractivity contribution in [2.45, 2.75) is 19.3 Å². The summed E-state index contributed by atoms with van der Waals surface area (Å²) in [4.78, 5) is 12.3. The highest BCUT2D eigenvalue weighted by Gasteiger charge is 2.19. The molecule has 2 nitrogen and oxygen atoms in total. The zero-order valence-corrected chi connectivity index (χ0v) is 7.10. The second-order valence-electron chi connectivity index (χ2n) is 2.96. The van der Waals surface area contributed by atoms with E-state index in [1.54, 1.807) is 11.9 Å². The normalized spacial score (nSPS) is 18.2. The first-order chi connectivity index (χ1) is 4.70. The van der Waals surface area contributed by atoms with Gasteiger partial charge >= 0.3 is 0 Å². The van der Waals surface area contributed by atoms with E-state index in [0.717, 1.165) is 12.5 Å². The Morgan fingerprint density at radius 1 is 1.70 bits per heavy atom. The second kappa shape index (κ2) is 3.28. The van der Waals surface area contributed by atoms with Gasteiger partial charge in [-0.15, -0.1) is 0 Å². The van der Waals surface area contributed by atoms with Crippen molar-refractivity contribution in [1.29, 1.82) is 0 Å². The average Bonchev–Trinajstić information content (AvgIpc) is 1.77. The molecule has 0 spiro atoms. The standard InChI is InChI=1S/C7H13NOS/c1-8(7(9)10)5-6-3-2-4-6/h6H,2-5H2,1H3,(H,9,10). The number of carbonyl (C=O) groups excluding carboxylic acids is 1. The molecule has 0 N–H and O–H groups in total. The van der Waals surface area contributed by atoms with Crippen LogP contribution in [0.3, 0.4) is 0 Å². The lowest BCUT2D eigenvalue weighted by Crippen LogP contribution is -2.30. The highest BCUT2D eigenvalue weighted by Crippen LogP contribution is 2.26. The van der Waals surface area contributed by atoms with Crippen LogP contribution in [-0.2, 0) is 0 Å². The SMILES string of the molecule is CN(CC1CCC1)C(=O)S. The summed E-state index contributed by atoms with van der Waals surface area (Å²) in [7, 11) is 1.80. The molecule has 0 radical (unpaired) electrons. The summed E-state index contributed by atoms with van der Waals surface area (Å²) in [6, 6.07) is 0. The van der Waals surface area contributed by atoms with E-state index >= 15 is 0 Å². The Labute approximate surface area is 67.0 Å². The fourth-order valence-corrected chi connectivity index (χ4v) is 1.22. The first-order valence-electron chi connectivity index (χ1n) is 3.64. The monoisotopic (exact) mass is 159 g/mol. The molecule has 1 aliphatic carbocycles. The van der Waals surface area contributed by atoms with Crippen LogP contribution in [0.2, 0.25) is 0 Å². The summed E-state index contributed by atoms with van der Waals surface area (Å²) >= 11 is 3.72. The van der Waals surface area contributed by atoms with Crippen LogP contribution in [0, 0.1) is 5.92 Å². The van der Waals surface area contributed by atoms with E-state index in [4.69, 9.17) is 0 Å². The van der Waals surface area contributed by atoms with Gasteiger partial charge in [0.15, 0.2) is 0 Å². The minimum atomic E-state index is -0.119. The lowest BCUT2D eigenvalue weighted by molar-refractivity contribution is 0.203. The largest absolute Gasteiger partial charge is 0.337 e. The van der Waals surface area contributed by atoms with E-state index in [1.807, 2.05) is 0 Å². The summed E-state index contributed by atoms with van der Waals surface area (Å²) in [6.07, 6.45) is 3.90. The van der Waals surface area contributed by atoms with E-state index in [9.17, 15) is 4.79 Å². The molecule has 1 rings (SSSR count). The maximum Gasteiger partial charge on any atom is 0.278 e. The van der Waals surface area contributed by atoms with Crippen LogP contribution in [0.15, 0.2) is 0 Å². The first kappa shape index (κ1) is 7.92. The Morgan fingerprint density at radius 3 is 2.60 bits per heavy atom. The van der Waals surface area contributed by atoms with E-state index < -0.39 is 0 Å². The van der Waals surface area contributed by atoms with Gasteiger partial charge in [-0.3, -0.25) is 4.79 Å². The molecule has 1 fully saturated rings. The Bertz CT molecular complexity index is 134. The molecule has 3 heteroatoms. The van der Waals surface area contributed by atoms with Gasteiger partial charge < -0.3 is 4.90 Å². The quantitative estimate of drug-likeness (QED) is 0.609. The van der Waals surface area contributed by atoms with Crippen molar-refractivity contribution in [1.82, 2.24) is 4.90 Å². The third-order valence-corrected chi connectivity index (χ3v) is 2.42. The number of thiol groups is 1. The number of carbonyl (C=O) groups is 1. The van der Waals surface area contributed by atoms with Gasteiger partial charge in [-0.05, 0) is 18.8 Å². The minimum absolute atomic E-state index is 0.119. The molecule has 0 atom stereocenters. The van der Waals surface area contributed by atoms with Gasteiger partial charge in [-0.1, -0.05) is 19.0 Å². The van der Waals surface area contributed by atoms with Gasteiger partial charge in [0.05, 0.1) is 0 Å².